The largest absolute Gasteiger partial charge is 0.329 e. The van der Waals surface area contributed by atoms with Crippen LogP contribution in [0.25, 0.3) is 0 Å². The Morgan fingerprint density at radius 1 is 0.952 bits per heavy atom. The van der Waals surface area contributed by atoms with Crippen LogP contribution in [0.4, 0.5) is 0 Å². The van der Waals surface area contributed by atoms with Gasteiger partial charge >= 0.3 is 0 Å². The molecule has 1 saturated heterocycles. The number of fused-ring (bicyclic) bond motifs is 1. The van der Waals surface area contributed by atoms with Crippen LogP contribution in [0, 0.1) is 5.92 Å². The highest BCUT2D eigenvalue weighted by Gasteiger charge is 2.38. The molecule has 2 heteroatoms. The van der Waals surface area contributed by atoms with Crippen LogP contribution in [-0.2, 0) is 0 Å². The second kappa shape index (κ2) is 9.84. The van der Waals surface area contributed by atoms with Crippen molar-refractivity contribution in [3.63, 3.8) is 0 Å². The molecule has 21 heavy (non-hydrogen) atoms. The van der Waals surface area contributed by atoms with Gasteiger partial charge in [-0.25, -0.2) is 0 Å². The second-order valence-corrected chi connectivity index (χ2v) is 7.44. The average molecular weight is 295 g/mol. The predicted octanol–water partition coefficient (Wildman–Crippen LogP) is 4.72. The van der Waals surface area contributed by atoms with Crippen LogP contribution >= 0.6 is 0 Å². The molecule has 0 aromatic heterocycles. The van der Waals surface area contributed by atoms with E-state index in [2.05, 4.69) is 11.8 Å². The molecule has 2 rings (SSSR count). The van der Waals surface area contributed by atoms with Gasteiger partial charge in [0.05, 0.1) is 0 Å². The van der Waals surface area contributed by atoms with E-state index in [1.165, 1.54) is 90.0 Å². The molecular weight excluding hydrogens is 256 g/mol. The van der Waals surface area contributed by atoms with Crippen molar-refractivity contribution in [3.05, 3.63) is 0 Å². The van der Waals surface area contributed by atoms with Gasteiger partial charge in [0.1, 0.15) is 0 Å². The minimum Gasteiger partial charge on any atom is -0.329 e. The molecule has 0 bridgehead atoms. The third-order valence-electron chi connectivity index (χ3n) is 5.94. The van der Waals surface area contributed by atoms with E-state index in [0.29, 0.717) is 6.04 Å². The van der Waals surface area contributed by atoms with Gasteiger partial charge in [0, 0.05) is 18.6 Å². The van der Waals surface area contributed by atoms with E-state index in [1.54, 1.807) is 0 Å². The van der Waals surface area contributed by atoms with Gasteiger partial charge in [-0.15, -0.1) is 0 Å². The van der Waals surface area contributed by atoms with E-state index >= 15 is 0 Å². The lowest BCUT2D eigenvalue weighted by atomic mass is 9.85. The number of hydrogen-bond acceptors (Lipinski definition) is 2. The summed E-state index contributed by atoms with van der Waals surface area (Å²) in [6.07, 6.45) is 18.5. The standard InChI is InChI=1S/C19H38N2/c1-2-3-4-5-6-7-8-12-18(16-20)21-15-14-17-11-9-10-13-19(17)21/h17-19H,2-16,20H2,1H3. The Bertz CT molecular complexity index is 266. The van der Waals surface area contributed by atoms with Crippen LogP contribution in [0.2, 0.25) is 0 Å². The second-order valence-electron chi connectivity index (χ2n) is 7.44. The SMILES string of the molecule is CCCCCCCCCC(CN)N1CCC2CCCCC21. The monoisotopic (exact) mass is 294 g/mol. The summed E-state index contributed by atoms with van der Waals surface area (Å²) in [5.41, 5.74) is 6.11. The molecule has 124 valence electrons. The molecule has 1 heterocycles. The summed E-state index contributed by atoms with van der Waals surface area (Å²) >= 11 is 0. The Balaban J connectivity index is 1.63. The van der Waals surface area contributed by atoms with Crippen LogP contribution in [0.1, 0.15) is 90.4 Å². The first-order valence-corrected chi connectivity index (χ1v) is 9.82. The van der Waals surface area contributed by atoms with Crippen molar-refractivity contribution in [2.24, 2.45) is 11.7 Å². The Kier molecular flexibility index (Phi) is 8.10. The molecule has 0 amide bonds. The molecule has 1 aliphatic carbocycles. The van der Waals surface area contributed by atoms with Crippen LogP contribution in [0.15, 0.2) is 0 Å². The summed E-state index contributed by atoms with van der Waals surface area (Å²) in [7, 11) is 0. The Hall–Kier alpha value is -0.0800. The van der Waals surface area contributed by atoms with Crippen molar-refractivity contribution in [3.8, 4) is 0 Å². The maximum Gasteiger partial charge on any atom is 0.0221 e. The highest BCUT2D eigenvalue weighted by atomic mass is 15.2. The average Bonchev–Trinajstić information content (AvgIpc) is 2.94. The van der Waals surface area contributed by atoms with Crippen molar-refractivity contribution in [2.75, 3.05) is 13.1 Å². The smallest absolute Gasteiger partial charge is 0.0221 e. The molecule has 0 aromatic carbocycles. The lowest BCUT2D eigenvalue weighted by Gasteiger charge is -2.36. The molecule has 3 unspecified atom stereocenters. The van der Waals surface area contributed by atoms with E-state index in [4.69, 9.17) is 5.73 Å². The van der Waals surface area contributed by atoms with Gasteiger partial charge in [-0.05, 0) is 38.1 Å². The first kappa shape index (κ1) is 17.3. The quantitative estimate of drug-likeness (QED) is 0.591. The number of hydrogen-bond donors (Lipinski definition) is 1. The number of likely N-dealkylation sites (tertiary alicyclic amines) is 1. The zero-order valence-electron chi connectivity index (χ0n) is 14.4. The zero-order chi connectivity index (χ0) is 14.9. The van der Waals surface area contributed by atoms with Gasteiger partial charge in [0.15, 0.2) is 0 Å². The molecule has 1 saturated carbocycles. The summed E-state index contributed by atoms with van der Waals surface area (Å²) in [5, 5.41) is 0. The van der Waals surface area contributed by atoms with Crippen molar-refractivity contribution >= 4 is 0 Å². The number of unbranched alkanes of at least 4 members (excludes halogenated alkanes) is 6. The summed E-state index contributed by atoms with van der Waals surface area (Å²) in [6.45, 7) is 4.49. The van der Waals surface area contributed by atoms with E-state index in [1.807, 2.05) is 0 Å². The van der Waals surface area contributed by atoms with Gasteiger partial charge < -0.3 is 5.73 Å². The fourth-order valence-corrected chi connectivity index (χ4v) is 4.65. The van der Waals surface area contributed by atoms with Gasteiger partial charge in [-0.3, -0.25) is 4.90 Å². The maximum absolute atomic E-state index is 6.11. The van der Waals surface area contributed by atoms with E-state index in [-0.39, 0.29) is 0 Å². The number of nitrogens with two attached hydrogens (primary N) is 1. The molecule has 0 aromatic rings. The summed E-state index contributed by atoms with van der Waals surface area (Å²) in [5.74, 6) is 1.00. The molecule has 2 aliphatic rings. The highest BCUT2D eigenvalue weighted by Crippen LogP contribution is 2.37. The van der Waals surface area contributed by atoms with Gasteiger partial charge in [-0.1, -0.05) is 64.7 Å². The van der Waals surface area contributed by atoms with Crippen LogP contribution in [0.3, 0.4) is 0 Å². The molecule has 2 N–H and O–H groups in total. The van der Waals surface area contributed by atoms with Crippen molar-refractivity contribution < 1.29 is 0 Å². The van der Waals surface area contributed by atoms with E-state index < -0.39 is 0 Å². The number of rotatable bonds is 10. The summed E-state index contributed by atoms with van der Waals surface area (Å²) < 4.78 is 0. The van der Waals surface area contributed by atoms with Crippen molar-refractivity contribution in [1.29, 1.82) is 0 Å². The molecule has 1 aliphatic heterocycles. The lowest BCUT2D eigenvalue weighted by Crippen LogP contribution is -2.45. The van der Waals surface area contributed by atoms with Crippen LogP contribution in [0.5, 0.6) is 0 Å². The van der Waals surface area contributed by atoms with Crippen LogP contribution < -0.4 is 5.73 Å². The van der Waals surface area contributed by atoms with E-state index in [9.17, 15) is 0 Å². The van der Waals surface area contributed by atoms with E-state index in [0.717, 1.165) is 18.5 Å². The van der Waals surface area contributed by atoms with Gasteiger partial charge in [-0.2, -0.15) is 0 Å². The van der Waals surface area contributed by atoms with Crippen molar-refractivity contribution in [2.45, 2.75) is 102 Å². The molecule has 2 nitrogen and oxygen atoms in total. The first-order chi connectivity index (χ1) is 10.4. The fourth-order valence-electron chi connectivity index (χ4n) is 4.65. The summed E-state index contributed by atoms with van der Waals surface area (Å²) in [4.78, 5) is 2.81. The third kappa shape index (κ3) is 5.25. The maximum atomic E-state index is 6.11. The Morgan fingerprint density at radius 2 is 1.67 bits per heavy atom. The molecule has 3 atom stereocenters. The fraction of sp³-hybridized carbons (Fsp3) is 1.00. The van der Waals surface area contributed by atoms with Crippen LogP contribution in [-0.4, -0.2) is 30.1 Å². The lowest BCUT2D eigenvalue weighted by molar-refractivity contribution is 0.127. The predicted molar refractivity (Wildman–Crippen MR) is 92.5 cm³/mol. The summed E-state index contributed by atoms with van der Waals surface area (Å²) in [6, 6.07) is 1.56. The van der Waals surface area contributed by atoms with Gasteiger partial charge in [0.25, 0.3) is 0 Å². The molecule has 0 spiro atoms. The minimum atomic E-state index is 0.675. The van der Waals surface area contributed by atoms with Gasteiger partial charge in [0.2, 0.25) is 0 Å². The third-order valence-corrected chi connectivity index (χ3v) is 5.94. The van der Waals surface area contributed by atoms with Crippen molar-refractivity contribution in [1.82, 2.24) is 4.90 Å². The first-order valence-electron chi connectivity index (χ1n) is 9.82. The zero-order valence-corrected chi connectivity index (χ0v) is 14.4. The number of nitrogens with zero attached hydrogens (tertiary/aromatic N) is 1. The topological polar surface area (TPSA) is 29.3 Å². The Labute approximate surface area is 132 Å². The molecule has 0 radical (unpaired) electrons. The molecular formula is C19H38N2. The highest BCUT2D eigenvalue weighted by molar-refractivity contribution is 4.93. The Morgan fingerprint density at radius 3 is 2.43 bits per heavy atom. The normalized spacial score (nSPS) is 27.7. The minimum absolute atomic E-state index is 0.675. The molecule has 2 fully saturated rings.